The second kappa shape index (κ2) is 6.79. The lowest BCUT2D eigenvalue weighted by Crippen LogP contribution is -2.43. The van der Waals surface area contributed by atoms with E-state index in [-0.39, 0.29) is 29.8 Å². The Morgan fingerprint density at radius 2 is 1.92 bits per heavy atom. The highest BCUT2D eigenvalue weighted by molar-refractivity contribution is 7.99. The first kappa shape index (κ1) is 16.0. The molecule has 1 aromatic carbocycles. The summed E-state index contributed by atoms with van der Waals surface area (Å²) in [5, 5.41) is 0. The molecule has 0 N–H and O–H groups in total. The van der Waals surface area contributed by atoms with Crippen molar-refractivity contribution >= 4 is 23.6 Å². The molecule has 0 aromatic heterocycles. The molecule has 0 bridgehead atoms. The second-order valence-electron chi connectivity index (χ2n) is 7.00. The molecule has 1 amide bonds. The number of likely N-dealkylation sites (tertiary alicyclic amines) is 1. The van der Waals surface area contributed by atoms with Crippen LogP contribution in [0, 0.1) is 11.8 Å². The van der Waals surface area contributed by atoms with Crippen molar-refractivity contribution in [3.63, 3.8) is 0 Å². The third-order valence-electron chi connectivity index (χ3n) is 5.15. The van der Waals surface area contributed by atoms with E-state index in [4.69, 9.17) is 4.74 Å². The lowest BCUT2D eigenvalue weighted by Gasteiger charge is -2.33. The van der Waals surface area contributed by atoms with Crippen LogP contribution in [0.15, 0.2) is 29.2 Å². The molecule has 1 saturated carbocycles. The number of benzene rings is 1. The monoisotopic (exact) mass is 345 g/mol. The van der Waals surface area contributed by atoms with Crippen LogP contribution in [0.2, 0.25) is 0 Å². The number of thioether (sulfide) groups is 1. The number of rotatable bonds is 3. The van der Waals surface area contributed by atoms with Crippen LogP contribution < -0.4 is 0 Å². The van der Waals surface area contributed by atoms with Crippen molar-refractivity contribution < 1.29 is 14.3 Å². The van der Waals surface area contributed by atoms with Gasteiger partial charge in [-0.2, -0.15) is 0 Å². The molecule has 0 spiro atoms. The number of ether oxygens (including phenoxy) is 1. The number of carbonyl (C=O) groups is 2. The molecule has 2 unspecified atom stereocenters. The van der Waals surface area contributed by atoms with Gasteiger partial charge in [0.15, 0.2) is 0 Å². The Hall–Kier alpha value is -1.49. The molecular formula is C19H23NO3S. The standard InChI is InChI=1S/C19H23NO3S/c21-18(13-7-8-13)20-10-3-4-14(12-20)19(22)23-16-9-11-24-17-6-2-1-5-15(16)17/h1-2,5-6,13-14,16H,3-4,7-12H2. The number of fused-ring (bicyclic) bond motifs is 1. The van der Waals surface area contributed by atoms with E-state index in [9.17, 15) is 9.59 Å². The van der Waals surface area contributed by atoms with E-state index < -0.39 is 0 Å². The number of hydrogen-bond acceptors (Lipinski definition) is 4. The van der Waals surface area contributed by atoms with Crippen molar-refractivity contribution in [1.29, 1.82) is 0 Å². The van der Waals surface area contributed by atoms with Gasteiger partial charge in [0.05, 0.1) is 5.92 Å². The number of nitrogens with zero attached hydrogens (tertiary/aromatic N) is 1. The van der Waals surface area contributed by atoms with Crippen molar-refractivity contribution in [1.82, 2.24) is 4.90 Å². The maximum Gasteiger partial charge on any atom is 0.311 e. The van der Waals surface area contributed by atoms with Crippen molar-refractivity contribution in [3.8, 4) is 0 Å². The summed E-state index contributed by atoms with van der Waals surface area (Å²) in [6.07, 6.45) is 4.49. The van der Waals surface area contributed by atoms with E-state index in [0.717, 1.165) is 50.0 Å². The normalized spacial score (nSPS) is 26.6. The van der Waals surface area contributed by atoms with Gasteiger partial charge in [-0.3, -0.25) is 9.59 Å². The molecule has 3 aliphatic rings. The van der Waals surface area contributed by atoms with Crippen LogP contribution in [-0.4, -0.2) is 35.6 Å². The largest absolute Gasteiger partial charge is 0.457 e. The van der Waals surface area contributed by atoms with Gasteiger partial charge >= 0.3 is 5.97 Å². The van der Waals surface area contributed by atoms with Crippen LogP contribution in [0.5, 0.6) is 0 Å². The van der Waals surface area contributed by atoms with Crippen molar-refractivity contribution in [2.24, 2.45) is 11.8 Å². The second-order valence-corrected chi connectivity index (χ2v) is 8.13. The fourth-order valence-corrected chi connectivity index (χ4v) is 4.72. The summed E-state index contributed by atoms with van der Waals surface area (Å²) in [6.45, 7) is 1.33. The van der Waals surface area contributed by atoms with Gasteiger partial charge in [0.1, 0.15) is 6.10 Å². The summed E-state index contributed by atoms with van der Waals surface area (Å²) in [5.41, 5.74) is 1.13. The van der Waals surface area contributed by atoms with Gasteiger partial charge in [-0.05, 0) is 38.2 Å². The highest BCUT2D eigenvalue weighted by Crippen LogP contribution is 2.39. The van der Waals surface area contributed by atoms with Gasteiger partial charge < -0.3 is 9.64 Å². The van der Waals surface area contributed by atoms with E-state index in [1.54, 1.807) is 0 Å². The number of amides is 1. The number of carbonyl (C=O) groups excluding carboxylic acids is 2. The zero-order valence-corrected chi connectivity index (χ0v) is 14.6. The molecule has 2 heterocycles. The minimum Gasteiger partial charge on any atom is -0.457 e. The molecule has 128 valence electrons. The predicted molar refractivity (Wildman–Crippen MR) is 92.6 cm³/mol. The summed E-state index contributed by atoms with van der Waals surface area (Å²) in [5.74, 6) is 1.15. The van der Waals surface area contributed by atoms with Crippen LogP contribution >= 0.6 is 11.8 Å². The first-order valence-electron chi connectivity index (χ1n) is 8.93. The predicted octanol–water partition coefficient (Wildman–Crippen LogP) is 3.42. The highest BCUT2D eigenvalue weighted by Gasteiger charge is 2.37. The SMILES string of the molecule is O=C(OC1CCSc2ccccc21)C1CCCN(C(=O)C2CC2)C1. The molecule has 1 aliphatic carbocycles. The lowest BCUT2D eigenvalue weighted by molar-refractivity contribution is -0.157. The van der Waals surface area contributed by atoms with Crippen LogP contribution in [0.3, 0.4) is 0 Å². The average molecular weight is 345 g/mol. The van der Waals surface area contributed by atoms with E-state index >= 15 is 0 Å². The summed E-state index contributed by atoms with van der Waals surface area (Å²) in [6, 6.07) is 8.18. The Bertz CT molecular complexity index is 643. The fraction of sp³-hybridized carbons (Fsp3) is 0.579. The molecule has 2 fully saturated rings. The van der Waals surface area contributed by atoms with Gasteiger partial charge in [0, 0.05) is 35.2 Å². The maximum atomic E-state index is 12.7. The maximum absolute atomic E-state index is 12.7. The molecule has 4 rings (SSSR count). The number of esters is 1. The van der Waals surface area contributed by atoms with Crippen LogP contribution in [0.4, 0.5) is 0 Å². The van der Waals surface area contributed by atoms with Crippen LogP contribution in [-0.2, 0) is 14.3 Å². The molecule has 0 radical (unpaired) electrons. The van der Waals surface area contributed by atoms with Gasteiger partial charge in [0.25, 0.3) is 0 Å². The first-order chi connectivity index (χ1) is 11.7. The van der Waals surface area contributed by atoms with Gasteiger partial charge in [-0.1, -0.05) is 18.2 Å². The Morgan fingerprint density at radius 1 is 1.08 bits per heavy atom. The number of piperidine rings is 1. The third kappa shape index (κ3) is 3.32. The molecule has 2 aliphatic heterocycles. The Kier molecular flexibility index (Phi) is 4.53. The Balaban J connectivity index is 1.40. The van der Waals surface area contributed by atoms with Gasteiger partial charge in [0.2, 0.25) is 5.91 Å². The quantitative estimate of drug-likeness (QED) is 0.788. The Labute approximate surface area is 146 Å². The first-order valence-corrected chi connectivity index (χ1v) is 9.92. The lowest BCUT2D eigenvalue weighted by atomic mass is 9.97. The molecule has 4 nitrogen and oxygen atoms in total. The Morgan fingerprint density at radius 3 is 2.75 bits per heavy atom. The molecule has 2 atom stereocenters. The van der Waals surface area contributed by atoms with E-state index in [1.165, 1.54) is 4.90 Å². The van der Waals surface area contributed by atoms with Gasteiger partial charge in [-0.15, -0.1) is 11.8 Å². The topological polar surface area (TPSA) is 46.6 Å². The van der Waals surface area contributed by atoms with Gasteiger partial charge in [-0.25, -0.2) is 0 Å². The van der Waals surface area contributed by atoms with E-state index in [2.05, 4.69) is 12.1 Å². The summed E-state index contributed by atoms with van der Waals surface area (Å²) >= 11 is 1.83. The zero-order valence-electron chi connectivity index (χ0n) is 13.8. The minimum absolute atomic E-state index is 0.130. The van der Waals surface area contributed by atoms with E-state index in [0.29, 0.717) is 6.54 Å². The van der Waals surface area contributed by atoms with Crippen molar-refractivity contribution in [3.05, 3.63) is 29.8 Å². The highest BCUT2D eigenvalue weighted by atomic mass is 32.2. The van der Waals surface area contributed by atoms with Crippen LogP contribution in [0.1, 0.15) is 43.8 Å². The summed E-state index contributed by atoms with van der Waals surface area (Å²) in [4.78, 5) is 28.0. The smallest absolute Gasteiger partial charge is 0.311 e. The average Bonchev–Trinajstić information content (AvgIpc) is 3.47. The zero-order chi connectivity index (χ0) is 16.5. The summed E-state index contributed by atoms with van der Waals surface area (Å²) < 4.78 is 5.87. The minimum atomic E-state index is -0.164. The van der Waals surface area contributed by atoms with Crippen molar-refractivity contribution in [2.75, 3.05) is 18.8 Å². The molecule has 5 heteroatoms. The van der Waals surface area contributed by atoms with E-state index in [1.807, 2.05) is 28.8 Å². The molecule has 1 aromatic rings. The molecule has 1 saturated heterocycles. The number of hydrogen-bond donors (Lipinski definition) is 0. The third-order valence-corrected chi connectivity index (χ3v) is 6.28. The molecular weight excluding hydrogens is 322 g/mol. The summed E-state index contributed by atoms with van der Waals surface area (Å²) in [7, 11) is 0. The van der Waals surface area contributed by atoms with Crippen molar-refractivity contribution in [2.45, 2.75) is 43.1 Å². The van der Waals surface area contributed by atoms with Crippen LogP contribution in [0.25, 0.3) is 0 Å². The molecule has 24 heavy (non-hydrogen) atoms. The fourth-order valence-electron chi connectivity index (χ4n) is 3.63.